The van der Waals surface area contributed by atoms with Gasteiger partial charge in [0, 0.05) is 0 Å². The van der Waals surface area contributed by atoms with E-state index in [2.05, 4.69) is 100 Å². The molecule has 0 N–H and O–H groups in total. The number of allylic oxidation sites excluding steroid dienone is 3. The Morgan fingerprint density at radius 2 is 1.34 bits per heavy atom. The van der Waals surface area contributed by atoms with Crippen molar-refractivity contribution in [1.82, 2.24) is 0 Å². The van der Waals surface area contributed by atoms with Gasteiger partial charge >= 0.3 is 0 Å². The number of methoxy groups -OCH3 is 2. The number of ether oxygens (including phenoxy) is 2. The smallest absolute Gasteiger partial charge is 0.261 e. The van der Waals surface area contributed by atoms with E-state index in [1.807, 2.05) is 6.08 Å². The molecule has 0 saturated heterocycles. The van der Waals surface area contributed by atoms with Gasteiger partial charge in [-0.25, -0.2) is 0 Å². The van der Waals surface area contributed by atoms with E-state index in [0.29, 0.717) is 13.0 Å². The molecule has 0 heterocycles. The number of benzene rings is 2. The minimum Gasteiger partial charge on any atom is -0.500 e. The molecular formula is C28H36O3Si. The van der Waals surface area contributed by atoms with Crippen molar-refractivity contribution < 1.29 is 13.9 Å². The van der Waals surface area contributed by atoms with Gasteiger partial charge in [-0.05, 0) is 40.4 Å². The van der Waals surface area contributed by atoms with Gasteiger partial charge in [-0.3, -0.25) is 0 Å². The van der Waals surface area contributed by atoms with Crippen LogP contribution in [0.1, 0.15) is 33.6 Å². The molecule has 170 valence electrons. The van der Waals surface area contributed by atoms with E-state index in [1.54, 1.807) is 14.2 Å². The van der Waals surface area contributed by atoms with Gasteiger partial charge in [-0.15, -0.1) is 6.58 Å². The fourth-order valence-electron chi connectivity index (χ4n) is 4.98. The average Bonchev–Trinajstić information content (AvgIpc) is 2.80. The highest BCUT2D eigenvalue weighted by Crippen LogP contribution is 2.46. The highest BCUT2D eigenvalue weighted by Gasteiger charge is 2.53. The van der Waals surface area contributed by atoms with Crippen LogP contribution in [0.15, 0.2) is 97.0 Å². The van der Waals surface area contributed by atoms with Crippen LogP contribution >= 0.6 is 0 Å². The van der Waals surface area contributed by atoms with Crippen LogP contribution in [0.2, 0.25) is 5.04 Å². The lowest BCUT2D eigenvalue weighted by molar-refractivity contribution is 0.0723. The van der Waals surface area contributed by atoms with E-state index in [1.165, 1.54) is 10.4 Å². The summed E-state index contributed by atoms with van der Waals surface area (Å²) >= 11 is 0. The molecule has 1 aliphatic rings. The molecule has 0 spiro atoms. The summed E-state index contributed by atoms with van der Waals surface area (Å²) in [5, 5.41) is 2.41. The van der Waals surface area contributed by atoms with Gasteiger partial charge in [0.15, 0.2) is 0 Å². The zero-order valence-electron chi connectivity index (χ0n) is 20.1. The molecule has 3 nitrogen and oxygen atoms in total. The van der Waals surface area contributed by atoms with E-state index in [0.717, 1.165) is 17.9 Å². The summed E-state index contributed by atoms with van der Waals surface area (Å²) in [6, 6.07) is 21.4. The molecule has 0 bridgehead atoms. The van der Waals surface area contributed by atoms with Crippen molar-refractivity contribution in [2.45, 2.75) is 38.7 Å². The molecule has 0 unspecified atom stereocenters. The van der Waals surface area contributed by atoms with Gasteiger partial charge in [0.1, 0.15) is 16.9 Å². The molecule has 2 aromatic carbocycles. The first-order valence-electron chi connectivity index (χ1n) is 11.2. The van der Waals surface area contributed by atoms with Crippen LogP contribution in [-0.2, 0) is 13.9 Å². The lowest BCUT2D eigenvalue weighted by Crippen LogP contribution is -2.67. The third kappa shape index (κ3) is 4.22. The van der Waals surface area contributed by atoms with Gasteiger partial charge in [0.25, 0.3) is 8.32 Å². The maximum Gasteiger partial charge on any atom is 0.261 e. The maximum atomic E-state index is 7.28. The molecule has 3 rings (SSSR count). The molecule has 0 aliphatic heterocycles. The second-order valence-corrected chi connectivity index (χ2v) is 13.6. The fraction of sp³-hybridized carbons (Fsp3) is 0.357. The quantitative estimate of drug-likeness (QED) is 0.370. The second-order valence-electron chi connectivity index (χ2n) is 9.31. The van der Waals surface area contributed by atoms with Crippen LogP contribution in [0.5, 0.6) is 0 Å². The van der Waals surface area contributed by atoms with Gasteiger partial charge in [0.05, 0.1) is 20.8 Å². The summed E-state index contributed by atoms with van der Waals surface area (Å²) in [5.41, 5.74) is -0.531. The van der Waals surface area contributed by atoms with Crippen molar-refractivity contribution in [1.29, 1.82) is 0 Å². The molecule has 2 aromatic rings. The highest BCUT2D eigenvalue weighted by molar-refractivity contribution is 6.99. The Hall–Kier alpha value is -2.56. The van der Waals surface area contributed by atoms with E-state index >= 15 is 0 Å². The predicted octanol–water partition coefficient (Wildman–Crippen LogP) is 5.59. The van der Waals surface area contributed by atoms with Crippen LogP contribution in [0.3, 0.4) is 0 Å². The predicted molar refractivity (Wildman–Crippen MR) is 136 cm³/mol. The van der Waals surface area contributed by atoms with Crippen molar-refractivity contribution in [3.05, 3.63) is 97.0 Å². The molecule has 0 amide bonds. The van der Waals surface area contributed by atoms with Crippen molar-refractivity contribution >= 4 is 18.7 Å². The van der Waals surface area contributed by atoms with E-state index in [9.17, 15) is 0 Å². The third-order valence-electron chi connectivity index (χ3n) is 6.43. The minimum absolute atomic E-state index is 0.104. The molecular weight excluding hydrogens is 412 g/mol. The Morgan fingerprint density at radius 3 is 1.72 bits per heavy atom. The average molecular weight is 449 g/mol. The van der Waals surface area contributed by atoms with Crippen molar-refractivity contribution in [3.63, 3.8) is 0 Å². The summed E-state index contributed by atoms with van der Waals surface area (Å²) in [6.07, 6.45) is 7.64. The van der Waals surface area contributed by atoms with Crippen LogP contribution < -0.4 is 10.4 Å². The zero-order valence-corrected chi connectivity index (χ0v) is 21.1. The summed E-state index contributed by atoms with van der Waals surface area (Å²) in [5.74, 6) is 1.77. The molecule has 0 saturated carbocycles. The van der Waals surface area contributed by atoms with E-state index in [-0.39, 0.29) is 5.04 Å². The van der Waals surface area contributed by atoms with Gasteiger partial charge in [-0.1, -0.05) is 87.5 Å². The Balaban J connectivity index is 2.19. The van der Waals surface area contributed by atoms with Gasteiger partial charge in [0.2, 0.25) is 0 Å². The summed E-state index contributed by atoms with van der Waals surface area (Å²) in [4.78, 5) is 0. The molecule has 4 heteroatoms. The Labute approximate surface area is 194 Å². The summed E-state index contributed by atoms with van der Waals surface area (Å²) < 4.78 is 19.0. The van der Waals surface area contributed by atoms with Crippen LogP contribution in [0.25, 0.3) is 0 Å². The molecule has 0 aromatic heterocycles. The lowest BCUT2D eigenvalue weighted by Gasteiger charge is -2.46. The number of rotatable bonds is 9. The Kier molecular flexibility index (Phi) is 7.47. The Morgan fingerprint density at radius 1 is 0.875 bits per heavy atom. The lowest BCUT2D eigenvalue weighted by atomic mass is 9.77. The first kappa shape index (κ1) is 24.1. The number of hydrogen-bond donors (Lipinski definition) is 0. The number of hydrogen-bond acceptors (Lipinski definition) is 3. The highest BCUT2D eigenvalue weighted by atomic mass is 28.4. The SMILES string of the molecule is C=CCC1(CO[Si](c2ccccc2)(c2ccccc2)C(C)(C)C)C(OC)=CCC=C1OC. The van der Waals surface area contributed by atoms with Crippen LogP contribution in [0, 0.1) is 5.41 Å². The van der Waals surface area contributed by atoms with Crippen molar-refractivity contribution in [2.75, 3.05) is 20.8 Å². The first-order valence-corrected chi connectivity index (χ1v) is 13.1. The van der Waals surface area contributed by atoms with Gasteiger partial charge < -0.3 is 13.9 Å². The van der Waals surface area contributed by atoms with Crippen LogP contribution in [0.4, 0.5) is 0 Å². The topological polar surface area (TPSA) is 27.7 Å². The first-order chi connectivity index (χ1) is 15.4. The second kappa shape index (κ2) is 9.93. The monoisotopic (exact) mass is 448 g/mol. The third-order valence-corrected chi connectivity index (χ3v) is 11.4. The minimum atomic E-state index is -2.69. The normalized spacial score (nSPS) is 16.0. The Bertz CT molecular complexity index is 896. The van der Waals surface area contributed by atoms with Crippen molar-refractivity contribution in [2.24, 2.45) is 5.41 Å². The maximum absolute atomic E-state index is 7.28. The van der Waals surface area contributed by atoms with Crippen molar-refractivity contribution in [3.8, 4) is 0 Å². The van der Waals surface area contributed by atoms with Crippen LogP contribution in [-0.4, -0.2) is 29.1 Å². The standard InChI is InChI=1S/C28H36O3Si/c1-7-21-28(25(29-5)19-14-20-26(28)30-6)22-31-32(27(2,3)4,23-15-10-8-11-16-23)24-17-12-9-13-18-24/h7-13,15-20H,1,14,21-22H2,2-6H3. The fourth-order valence-corrected chi connectivity index (χ4v) is 9.60. The van der Waals surface area contributed by atoms with E-state index < -0.39 is 13.7 Å². The molecule has 1 aliphatic carbocycles. The molecule has 0 atom stereocenters. The summed E-state index contributed by atoms with van der Waals surface area (Å²) in [7, 11) is 0.761. The molecule has 0 radical (unpaired) electrons. The molecule has 32 heavy (non-hydrogen) atoms. The zero-order chi connectivity index (χ0) is 23.2. The molecule has 0 fully saturated rings. The summed E-state index contributed by atoms with van der Waals surface area (Å²) in [6.45, 7) is 11.4. The van der Waals surface area contributed by atoms with E-state index in [4.69, 9.17) is 13.9 Å². The largest absolute Gasteiger partial charge is 0.500 e. The van der Waals surface area contributed by atoms with Gasteiger partial charge in [-0.2, -0.15) is 0 Å².